The molecule has 0 bridgehead atoms. The third-order valence-corrected chi connectivity index (χ3v) is 2.31. The summed E-state index contributed by atoms with van der Waals surface area (Å²) in [5.74, 6) is 1.78. The average Bonchev–Trinajstić information content (AvgIpc) is 2.51. The quantitative estimate of drug-likeness (QED) is 0.780. The third kappa shape index (κ3) is 4.36. The number of hydrogen-bond acceptors (Lipinski definition) is 2. The molecule has 0 aliphatic rings. The van der Waals surface area contributed by atoms with Gasteiger partial charge in [-0.05, 0) is 32.6 Å². The van der Waals surface area contributed by atoms with Crippen molar-refractivity contribution in [3.05, 3.63) is 12.4 Å². The molecule has 3 nitrogen and oxygen atoms in total. The number of aryl methyl sites for hydroxylation is 1. The molecule has 3 heteroatoms. The number of rotatable bonds is 6. The molecule has 0 unspecified atom stereocenters. The molecule has 86 valence electrons. The lowest BCUT2D eigenvalue weighted by molar-refractivity contribution is 0.513. The second kappa shape index (κ2) is 5.79. The second-order valence-corrected chi connectivity index (χ2v) is 4.78. The van der Waals surface area contributed by atoms with E-state index in [-0.39, 0.29) is 0 Å². The summed E-state index contributed by atoms with van der Waals surface area (Å²) in [6.45, 7) is 9.86. The van der Waals surface area contributed by atoms with Crippen molar-refractivity contribution in [1.29, 1.82) is 0 Å². The van der Waals surface area contributed by atoms with Crippen LogP contribution in [0, 0.1) is 5.92 Å². The van der Waals surface area contributed by atoms with Gasteiger partial charge >= 0.3 is 0 Å². The number of imidazole rings is 1. The molecular formula is C12H23N3. The molecule has 0 spiro atoms. The van der Waals surface area contributed by atoms with E-state index in [9.17, 15) is 0 Å². The van der Waals surface area contributed by atoms with Crippen LogP contribution in [-0.2, 0) is 6.54 Å². The molecule has 1 rings (SSSR count). The lowest BCUT2D eigenvalue weighted by atomic mass is 10.1. The van der Waals surface area contributed by atoms with Crippen LogP contribution >= 0.6 is 0 Å². The molecule has 0 saturated heterocycles. The molecule has 15 heavy (non-hydrogen) atoms. The number of aromatic nitrogens is 2. The van der Waals surface area contributed by atoms with Crippen LogP contribution in [0.3, 0.4) is 0 Å². The Bertz CT molecular complexity index is 276. The first kappa shape index (κ1) is 12.1. The molecule has 0 atom stereocenters. The van der Waals surface area contributed by atoms with Gasteiger partial charge in [-0.3, -0.25) is 0 Å². The predicted octanol–water partition coefficient (Wildman–Crippen LogP) is 3.14. The van der Waals surface area contributed by atoms with E-state index in [4.69, 9.17) is 0 Å². The minimum atomic E-state index is 0.441. The Kier molecular flexibility index (Phi) is 4.66. The Labute approximate surface area is 92.9 Å². The molecule has 1 heterocycles. The number of nitrogens with one attached hydrogen (secondary N) is 1. The predicted molar refractivity (Wildman–Crippen MR) is 65.1 cm³/mol. The molecule has 0 amide bonds. The van der Waals surface area contributed by atoms with Gasteiger partial charge in [0.05, 0.1) is 0 Å². The average molecular weight is 209 g/mol. The molecule has 1 N–H and O–H groups in total. The van der Waals surface area contributed by atoms with Gasteiger partial charge in [0.15, 0.2) is 0 Å². The fourth-order valence-electron chi connectivity index (χ4n) is 1.56. The first-order chi connectivity index (χ1) is 7.09. The molecular weight excluding hydrogens is 186 g/mol. The number of hydrogen-bond donors (Lipinski definition) is 1. The minimum absolute atomic E-state index is 0.441. The van der Waals surface area contributed by atoms with Crippen molar-refractivity contribution in [2.45, 2.75) is 53.1 Å². The summed E-state index contributed by atoms with van der Waals surface area (Å²) in [5.41, 5.74) is 0. The Morgan fingerprint density at radius 3 is 2.67 bits per heavy atom. The van der Waals surface area contributed by atoms with Crippen molar-refractivity contribution in [2.75, 3.05) is 5.32 Å². The molecule has 0 aromatic carbocycles. The van der Waals surface area contributed by atoms with Gasteiger partial charge in [-0.25, -0.2) is 4.98 Å². The zero-order valence-electron chi connectivity index (χ0n) is 10.3. The van der Waals surface area contributed by atoms with Gasteiger partial charge in [-0.15, -0.1) is 0 Å². The van der Waals surface area contributed by atoms with E-state index in [1.54, 1.807) is 0 Å². The van der Waals surface area contributed by atoms with Crippen LogP contribution in [0.25, 0.3) is 0 Å². The second-order valence-electron chi connectivity index (χ2n) is 4.78. The lowest BCUT2D eigenvalue weighted by Gasteiger charge is -2.12. The van der Waals surface area contributed by atoms with Crippen LogP contribution < -0.4 is 5.32 Å². The molecule has 1 aromatic heterocycles. The summed E-state index contributed by atoms with van der Waals surface area (Å²) < 4.78 is 2.20. The fourth-order valence-corrected chi connectivity index (χ4v) is 1.56. The minimum Gasteiger partial charge on any atom is -0.353 e. The first-order valence-electron chi connectivity index (χ1n) is 5.87. The van der Waals surface area contributed by atoms with Gasteiger partial charge in [0, 0.05) is 25.0 Å². The van der Waals surface area contributed by atoms with Gasteiger partial charge in [-0.2, -0.15) is 0 Å². The van der Waals surface area contributed by atoms with Crippen molar-refractivity contribution in [3.8, 4) is 0 Å². The van der Waals surface area contributed by atoms with E-state index >= 15 is 0 Å². The highest BCUT2D eigenvalue weighted by molar-refractivity contribution is 5.26. The van der Waals surface area contributed by atoms with Gasteiger partial charge in [0.25, 0.3) is 0 Å². The van der Waals surface area contributed by atoms with Crippen molar-refractivity contribution >= 4 is 5.95 Å². The third-order valence-electron chi connectivity index (χ3n) is 2.31. The van der Waals surface area contributed by atoms with E-state index in [2.05, 4.69) is 42.6 Å². The van der Waals surface area contributed by atoms with Crippen LogP contribution in [0.5, 0.6) is 0 Å². The maximum atomic E-state index is 4.31. The van der Waals surface area contributed by atoms with Crippen LogP contribution in [0.15, 0.2) is 12.4 Å². The normalized spacial score (nSPS) is 11.3. The van der Waals surface area contributed by atoms with Crippen molar-refractivity contribution in [2.24, 2.45) is 5.92 Å². The van der Waals surface area contributed by atoms with Gasteiger partial charge in [0.2, 0.25) is 5.95 Å². The van der Waals surface area contributed by atoms with Gasteiger partial charge in [0.1, 0.15) is 0 Å². The lowest BCUT2D eigenvalue weighted by Crippen LogP contribution is -2.14. The number of anilines is 1. The maximum Gasteiger partial charge on any atom is 0.202 e. The first-order valence-corrected chi connectivity index (χ1v) is 5.87. The summed E-state index contributed by atoms with van der Waals surface area (Å²) >= 11 is 0. The van der Waals surface area contributed by atoms with E-state index < -0.39 is 0 Å². The Hall–Kier alpha value is -0.990. The topological polar surface area (TPSA) is 29.9 Å². The van der Waals surface area contributed by atoms with E-state index in [1.165, 1.54) is 12.8 Å². The molecule has 0 aliphatic carbocycles. The molecule has 0 radical (unpaired) electrons. The SMILES string of the molecule is CC(C)CCCn1ccnc1NC(C)C. The van der Waals surface area contributed by atoms with Crippen LogP contribution in [0.1, 0.15) is 40.5 Å². The molecule has 0 saturated carbocycles. The zero-order valence-corrected chi connectivity index (χ0v) is 10.3. The van der Waals surface area contributed by atoms with E-state index in [1.807, 2.05) is 12.4 Å². The highest BCUT2D eigenvalue weighted by atomic mass is 15.2. The van der Waals surface area contributed by atoms with Gasteiger partial charge in [-0.1, -0.05) is 13.8 Å². The summed E-state index contributed by atoms with van der Waals surface area (Å²) in [5, 5.41) is 3.34. The molecule has 1 aromatic rings. The van der Waals surface area contributed by atoms with Crippen molar-refractivity contribution in [1.82, 2.24) is 9.55 Å². The smallest absolute Gasteiger partial charge is 0.202 e. The molecule has 0 fully saturated rings. The Morgan fingerprint density at radius 1 is 1.33 bits per heavy atom. The summed E-state index contributed by atoms with van der Waals surface area (Å²) in [6.07, 6.45) is 6.41. The van der Waals surface area contributed by atoms with Gasteiger partial charge < -0.3 is 9.88 Å². The van der Waals surface area contributed by atoms with Crippen LogP contribution in [0.2, 0.25) is 0 Å². The standard InChI is InChI=1S/C12H23N3/c1-10(2)6-5-8-15-9-7-13-12(15)14-11(3)4/h7,9-11H,5-6,8H2,1-4H3,(H,13,14). The summed E-state index contributed by atoms with van der Waals surface area (Å²) in [6, 6.07) is 0.441. The fraction of sp³-hybridized carbons (Fsp3) is 0.750. The van der Waals surface area contributed by atoms with Crippen molar-refractivity contribution in [3.63, 3.8) is 0 Å². The molecule has 0 aliphatic heterocycles. The number of nitrogens with zero attached hydrogens (tertiary/aromatic N) is 2. The highest BCUT2D eigenvalue weighted by Crippen LogP contribution is 2.10. The monoisotopic (exact) mass is 209 g/mol. The van der Waals surface area contributed by atoms with Crippen LogP contribution in [0.4, 0.5) is 5.95 Å². The Balaban J connectivity index is 2.43. The maximum absolute atomic E-state index is 4.31. The van der Waals surface area contributed by atoms with Crippen molar-refractivity contribution < 1.29 is 0 Å². The zero-order chi connectivity index (χ0) is 11.3. The largest absolute Gasteiger partial charge is 0.353 e. The van der Waals surface area contributed by atoms with Crippen LogP contribution in [-0.4, -0.2) is 15.6 Å². The van der Waals surface area contributed by atoms with E-state index in [0.717, 1.165) is 18.4 Å². The summed E-state index contributed by atoms with van der Waals surface area (Å²) in [7, 11) is 0. The van der Waals surface area contributed by atoms with E-state index in [0.29, 0.717) is 6.04 Å². The summed E-state index contributed by atoms with van der Waals surface area (Å²) in [4.78, 5) is 4.31. The Morgan fingerprint density at radius 2 is 2.07 bits per heavy atom. The highest BCUT2D eigenvalue weighted by Gasteiger charge is 2.03.